The molecule has 106 valence electrons. The number of halogens is 1. The van der Waals surface area contributed by atoms with E-state index in [1.54, 1.807) is 13.1 Å². The minimum absolute atomic E-state index is 0.177. The molecule has 4 nitrogen and oxygen atoms in total. The van der Waals surface area contributed by atoms with Crippen molar-refractivity contribution in [3.8, 4) is 0 Å². The predicted octanol–water partition coefficient (Wildman–Crippen LogP) is 2.26. The summed E-state index contributed by atoms with van der Waals surface area (Å²) in [6.45, 7) is 2.48. The molecule has 1 fully saturated rings. The standard InChI is InChI=1S/C13H19BrN2O2S/c1-9-12(14)6-10(8-15-2)7-13(9)19(17,18)16(3)11-4-5-11/h6-7,11,15H,4-5,8H2,1-3H3. The topological polar surface area (TPSA) is 49.4 Å². The first-order valence-corrected chi connectivity index (χ1v) is 8.53. The van der Waals surface area contributed by atoms with Crippen molar-refractivity contribution < 1.29 is 8.42 Å². The van der Waals surface area contributed by atoms with Crippen LogP contribution in [-0.2, 0) is 16.6 Å². The van der Waals surface area contributed by atoms with Crippen molar-refractivity contribution in [2.24, 2.45) is 0 Å². The number of hydrogen-bond donors (Lipinski definition) is 1. The number of hydrogen-bond acceptors (Lipinski definition) is 3. The van der Waals surface area contributed by atoms with Gasteiger partial charge in [-0.1, -0.05) is 15.9 Å². The Bertz CT molecular complexity index is 583. The van der Waals surface area contributed by atoms with E-state index in [-0.39, 0.29) is 6.04 Å². The number of sulfonamides is 1. The molecule has 1 aromatic carbocycles. The van der Waals surface area contributed by atoms with Crippen LogP contribution < -0.4 is 5.32 Å². The zero-order valence-electron chi connectivity index (χ0n) is 11.4. The number of nitrogens with zero attached hydrogens (tertiary/aromatic N) is 1. The number of rotatable bonds is 5. The average Bonchev–Trinajstić information content (AvgIpc) is 3.16. The highest BCUT2D eigenvalue weighted by Crippen LogP contribution is 2.33. The van der Waals surface area contributed by atoms with E-state index in [4.69, 9.17) is 0 Å². The van der Waals surface area contributed by atoms with E-state index in [2.05, 4.69) is 21.2 Å². The molecule has 1 aromatic rings. The van der Waals surface area contributed by atoms with Crippen molar-refractivity contribution in [2.45, 2.75) is 37.2 Å². The summed E-state index contributed by atoms with van der Waals surface area (Å²) in [5.41, 5.74) is 1.73. The molecule has 1 saturated carbocycles. The first kappa shape index (κ1) is 15.0. The van der Waals surface area contributed by atoms with Crippen LogP contribution in [0.2, 0.25) is 0 Å². The molecule has 0 aromatic heterocycles. The van der Waals surface area contributed by atoms with Gasteiger partial charge in [-0.2, -0.15) is 4.31 Å². The smallest absolute Gasteiger partial charge is 0.243 e. The Morgan fingerprint density at radius 1 is 1.42 bits per heavy atom. The first-order chi connectivity index (χ1) is 8.87. The predicted molar refractivity (Wildman–Crippen MR) is 79.6 cm³/mol. The van der Waals surface area contributed by atoms with E-state index < -0.39 is 10.0 Å². The lowest BCUT2D eigenvalue weighted by atomic mass is 10.1. The molecular formula is C13H19BrN2O2S. The maximum absolute atomic E-state index is 12.6. The van der Waals surface area contributed by atoms with Crippen LogP contribution in [0.25, 0.3) is 0 Å². The van der Waals surface area contributed by atoms with Crippen molar-refractivity contribution in [1.82, 2.24) is 9.62 Å². The molecule has 0 spiro atoms. The molecule has 19 heavy (non-hydrogen) atoms. The average molecular weight is 347 g/mol. The van der Waals surface area contributed by atoms with Gasteiger partial charge in [-0.25, -0.2) is 8.42 Å². The highest BCUT2D eigenvalue weighted by atomic mass is 79.9. The fraction of sp³-hybridized carbons (Fsp3) is 0.538. The molecule has 0 atom stereocenters. The summed E-state index contributed by atoms with van der Waals surface area (Å²) in [4.78, 5) is 0.404. The van der Waals surface area contributed by atoms with E-state index in [9.17, 15) is 8.42 Å². The van der Waals surface area contributed by atoms with E-state index in [0.29, 0.717) is 11.4 Å². The van der Waals surface area contributed by atoms with Crippen LogP contribution >= 0.6 is 15.9 Å². The summed E-state index contributed by atoms with van der Waals surface area (Å²) in [5.74, 6) is 0. The SMILES string of the molecule is CNCc1cc(Br)c(C)c(S(=O)(=O)N(C)C2CC2)c1. The third-order valence-corrected chi connectivity index (χ3v) is 6.32. The molecule has 6 heteroatoms. The maximum atomic E-state index is 12.6. The molecule has 2 rings (SSSR count). The Morgan fingerprint density at radius 2 is 2.05 bits per heavy atom. The molecule has 1 aliphatic rings. The second kappa shape index (κ2) is 5.52. The summed E-state index contributed by atoms with van der Waals surface area (Å²) in [6.07, 6.45) is 1.93. The van der Waals surface area contributed by atoms with Gasteiger partial charge in [-0.15, -0.1) is 0 Å². The van der Waals surface area contributed by atoms with Crippen LogP contribution in [0.4, 0.5) is 0 Å². The monoisotopic (exact) mass is 346 g/mol. The molecule has 0 amide bonds. The van der Waals surface area contributed by atoms with Crippen LogP contribution in [0.5, 0.6) is 0 Å². The van der Waals surface area contributed by atoms with Gasteiger partial charge in [0.2, 0.25) is 10.0 Å². The highest BCUT2D eigenvalue weighted by Gasteiger charge is 2.36. The lowest BCUT2D eigenvalue weighted by Gasteiger charge is -2.19. The fourth-order valence-electron chi connectivity index (χ4n) is 2.07. The Labute approximate surface area is 123 Å². The van der Waals surface area contributed by atoms with E-state index in [0.717, 1.165) is 28.4 Å². The van der Waals surface area contributed by atoms with Crippen molar-refractivity contribution in [3.63, 3.8) is 0 Å². The molecule has 0 radical (unpaired) electrons. The van der Waals surface area contributed by atoms with Gasteiger partial charge in [0.15, 0.2) is 0 Å². The van der Waals surface area contributed by atoms with Gasteiger partial charge in [0.1, 0.15) is 0 Å². The molecular weight excluding hydrogens is 328 g/mol. The Balaban J connectivity index is 2.48. The third kappa shape index (κ3) is 3.02. The number of benzene rings is 1. The van der Waals surface area contributed by atoms with Crippen LogP contribution in [0.1, 0.15) is 24.0 Å². The molecule has 1 N–H and O–H groups in total. The van der Waals surface area contributed by atoms with Gasteiger partial charge in [-0.3, -0.25) is 0 Å². The van der Waals surface area contributed by atoms with Crippen LogP contribution in [0, 0.1) is 6.92 Å². The van der Waals surface area contributed by atoms with Gasteiger partial charge in [-0.05, 0) is 50.1 Å². The Kier molecular flexibility index (Phi) is 4.35. The molecule has 0 bridgehead atoms. The lowest BCUT2D eigenvalue weighted by Crippen LogP contribution is -2.29. The molecule has 0 saturated heterocycles. The minimum atomic E-state index is -3.39. The second-order valence-electron chi connectivity index (χ2n) is 4.98. The van der Waals surface area contributed by atoms with Crippen molar-refractivity contribution in [3.05, 3.63) is 27.7 Å². The van der Waals surface area contributed by atoms with Gasteiger partial charge >= 0.3 is 0 Å². The zero-order chi connectivity index (χ0) is 14.2. The molecule has 0 unspecified atom stereocenters. The maximum Gasteiger partial charge on any atom is 0.243 e. The van der Waals surface area contributed by atoms with E-state index in [1.165, 1.54) is 4.31 Å². The van der Waals surface area contributed by atoms with Crippen molar-refractivity contribution in [2.75, 3.05) is 14.1 Å². The summed E-state index contributed by atoms with van der Waals surface area (Å²) >= 11 is 3.45. The fourth-order valence-corrected chi connectivity index (χ4v) is 4.42. The summed E-state index contributed by atoms with van der Waals surface area (Å²) in [5, 5.41) is 3.04. The van der Waals surface area contributed by atoms with Crippen molar-refractivity contribution >= 4 is 26.0 Å². The Hall–Kier alpha value is -0.430. The normalized spacial score (nSPS) is 16.1. The first-order valence-electron chi connectivity index (χ1n) is 6.29. The van der Waals surface area contributed by atoms with Gasteiger partial charge in [0.05, 0.1) is 4.90 Å². The van der Waals surface area contributed by atoms with E-state index in [1.807, 2.05) is 20.0 Å². The van der Waals surface area contributed by atoms with Gasteiger partial charge in [0, 0.05) is 24.1 Å². The van der Waals surface area contributed by atoms with Gasteiger partial charge in [0.25, 0.3) is 0 Å². The van der Waals surface area contributed by atoms with Crippen molar-refractivity contribution in [1.29, 1.82) is 0 Å². The van der Waals surface area contributed by atoms with Crippen LogP contribution in [-0.4, -0.2) is 32.9 Å². The molecule has 1 aliphatic carbocycles. The lowest BCUT2D eigenvalue weighted by molar-refractivity contribution is 0.463. The van der Waals surface area contributed by atoms with Crippen LogP contribution in [0.3, 0.4) is 0 Å². The molecule has 0 aliphatic heterocycles. The zero-order valence-corrected chi connectivity index (χ0v) is 13.8. The summed E-state index contributed by atoms with van der Waals surface area (Å²) in [7, 11) is 0.123. The van der Waals surface area contributed by atoms with Crippen LogP contribution in [0.15, 0.2) is 21.5 Å². The second-order valence-corrected chi connectivity index (χ2v) is 7.80. The molecule has 0 heterocycles. The quantitative estimate of drug-likeness (QED) is 0.889. The van der Waals surface area contributed by atoms with E-state index >= 15 is 0 Å². The third-order valence-electron chi connectivity index (χ3n) is 3.46. The number of nitrogens with one attached hydrogen (secondary N) is 1. The summed E-state index contributed by atoms with van der Waals surface area (Å²) in [6, 6.07) is 3.91. The highest BCUT2D eigenvalue weighted by molar-refractivity contribution is 9.10. The largest absolute Gasteiger partial charge is 0.316 e. The minimum Gasteiger partial charge on any atom is -0.316 e. The summed E-state index contributed by atoms with van der Waals surface area (Å²) < 4.78 is 27.6. The van der Waals surface area contributed by atoms with Gasteiger partial charge < -0.3 is 5.32 Å². The Morgan fingerprint density at radius 3 is 2.58 bits per heavy atom.